The van der Waals surface area contributed by atoms with Gasteiger partial charge < -0.3 is 15.6 Å². The lowest BCUT2D eigenvalue weighted by Gasteiger charge is -2.08. The quantitative estimate of drug-likeness (QED) is 0.0772. The number of anilines is 2. The fraction of sp³-hybridized carbons (Fsp3) is 0.267. The third kappa shape index (κ3) is 10.1. The molecule has 3 N–H and O–H groups in total. The molecule has 0 spiro atoms. The molecule has 0 bridgehead atoms. The molecule has 256 valence electrons. The van der Waals surface area contributed by atoms with Crippen molar-refractivity contribution in [3.05, 3.63) is 78.6 Å². The Labute approximate surface area is 303 Å². The zero-order valence-electron chi connectivity index (χ0n) is 25.9. The second-order valence-corrected chi connectivity index (χ2v) is 13.6. The molecule has 5 rings (SSSR count). The Kier molecular flexibility index (Phi) is 13.4. The summed E-state index contributed by atoms with van der Waals surface area (Å²) in [5.74, 6) is 1.63. The number of aromatic nitrogens is 6. The van der Waals surface area contributed by atoms with Crippen LogP contribution in [0.5, 0.6) is 0 Å². The van der Waals surface area contributed by atoms with Crippen molar-refractivity contribution in [2.24, 2.45) is 7.05 Å². The number of ketones is 1. The topological polar surface area (TPSA) is 124 Å². The lowest BCUT2D eigenvalue weighted by atomic mass is 10.2. The highest BCUT2D eigenvalue weighted by molar-refractivity contribution is 14.1. The molecule has 0 aliphatic heterocycles. The molecule has 0 unspecified atom stereocenters. The Morgan fingerprint density at radius 1 is 0.917 bits per heavy atom. The number of nitrogens with one attached hydrogen (secondary N) is 1. The molecule has 0 aliphatic carbocycles. The smallest absolute Gasteiger partial charge is 0.396 e. The summed E-state index contributed by atoms with van der Waals surface area (Å²) in [7, 11) is 3.26. The number of imidazole rings is 1. The molecular formula is C30H28F6I2N8OS. The van der Waals surface area contributed by atoms with Crippen LogP contribution in [-0.2, 0) is 19.4 Å². The fourth-order valence-corrected chi connectivity index (χ4v) is 6.12. The number of nitrogen functional groups attached to an aromatic ring is 1. The summed E-state index contributed by atoms with van der Waals surface area (Å²) in [5, 5.41) is 2.57. The van der Waals surface area contributed by atoms with Crippen molar-refractivity contribution in [3.63, 3.8) is 0 Å². The molecule has 9 nitrogen and oxygen atoms in total. The van der Waals surface area contributed by atoms with Gasteiger partial charge in [0.25, 0.3) is 0 Å². The molecule has 5 aromatic rings. The molecule has 5 aromatic heterocycles. The maximum Gasteiger partial charge on any atom is 0.417 e. The molecule has 18 heteroatoms. The summed E-state index contributed by atoms with van der Waals surface area (Å²) in [6.45, 7) is 5.45. The minimum absolute atomic E-state index is 0.0164. The van der Waals surface area contributed by atoms with Gasteiger partial charge in [-0.15, -0.1) is 11.8 Å². The minimum Gasteiger partial charge on any atom is -0.396 e. The van der Waals surface area contributed by atoms with Crippen molar-refractivity contribution in [3.8, 4) is 11.5 Å². The molecule has 0 saturated carbocycles. The van der Waals surface area contributed by atoms with Gasteiger partial charge in [0.1, 0.15) is 22.7 Å². The van der Waals surface area contributed by atoms with Gasteiger partial charge in [-0.3, -0.25) is 14.8 Å². The van der Waals surface area contributed by atoms with E-state index in [9.17, 15) is 31.1 Å². The summed E-state index contributed by atoms with van der Waals surface area (Å²) in [5.41, 5.74) is 6.41. The number of pyridine rings is 4. The second-order valence-electron chi connectivity index (χ2n) is 9.78. The van der Waals surface area contributed by atoms with E-state index in [0.717, 1.165) is 47.9 Å². The third-order valence-electron chi connectivity index (χ3n) is 6.23. The van der Waals surface area contributed by atoms with Crippen LogP contribution >= 0.6 is 56.9 Å². The summed E-state index contributed by atoms with van der Waals surface area (Å²) in [6.07, 6.45) is -3.86. The number of Topliss-reactive ketones (excluding diaryl/α,β-unsaturated/α-hetero) is 1. The van der Waals surface area contributed by atoms with E-state index in [1.807, 2.05) is 26.0 Å². The number of carbonyl (C=O) groups excluding carboxylic acids is 1. The molecule has 0 atom stereocenters. The number of aryl methyl sites for hydroxylation is 2. The second kappa shape index (κ2) is 16.4. The Balaban J connectivity index is 0.000000219. The molecule has 0 aromatic carbocycles. The molecular weight excluding hydrogens is 888 g/mol. The number of hydrogen-bond donors (Lipinski definition) is 2. The van der Waals surface area contributed by atoms with Gasteiger partial charge in [-0.1, -0.05) is 6.92 Å². The summed E-state index contributed by atoms with van der Waals surface area (Å²) < 4.78 is 78.6. The van der Waals surface area contributed by atoms with Gasteiger partial charge in [0.2, 0.25) is 0 Å². The van der Waals surface area contributed by atoms with Crippen molar-refractivity contribution in [2.75, 3.05) is 23.9 Å². The number of carbonyl (C=O) groups is 1. The first-order valence-electron chi connectivity index (χ1n) is 13.7. The number of rotatable bonds is 5. The summed E-state index contributed by atoms with van der Waals surface area (Å²) >= 11 is 5.96. The molecule has 0 saturated heterocycles. The van der Waals surface area contributed by atoms with E-state index >= 15 is 0 Å². The van der Waals surface area contributed by atoms with E-state index in [2.05, 4.69) is 75.4 Å². The van der Waals surface area contributed by atoms with Crippen molar-refractivity contribution >= 4 is 85.4 Å². The third-order valence-corrected chi connectivity index (χ3v) is 8.32. The Bertz CT molecular complexity index is 1920. The van der Waals surface area contributed by atoms with Crippen LogP contribution in [0.15, 0.2) is 53.9 Å². The standard InChI is InChI=1S/C15H12F3IN4S.C8H8INO.C7H8F3N3/c1-3-24-11-5-9(19)7-20-12(11)14-22-10-4-8(15(16,17)18)6-21-13(10)23(14)2;1-5-3-7(9)4-10-8(5)6(2)11;1-12-6-5(11)2-4(3-13-6)7(8,9)10/h4-7H,3H2,1-2H3;3-4H,1-2H3;2-3H,11H2,1H3,(H,12,13). The van der Waals surface area contributed by atoms with Crippen LogP contribution in [-0.4, -0.2) is 48.1 Å². The van der Waals surface area contributed by atoms with Gasteiger partial charge >= 0.3 is 12.4 Å². The first kappa shape index (κ1) is 39.2. The predicted molar refractivity (Wildman–Crippen MR) is 191 cm³/mol. The van der Waals surface area contributed by atoms with E-state index in [0.29, 0.717) is 22.9 Å². The van der Waals surface area contributed by atoms with Crippen LogP contribution in [0.2, 0.25) is 0 Å². The van der Waals surface area contributed by atoms with Crippen LogP contribution < -0.4 is 11.1 Å². The number of fused-ring (bicyclic) bond motifs is 1. The number of hydrogen-bond acceptors (Lipinski definition) is 9. The van der Waals surface area contributed by atoms with Crippen LogP contribution in [0.1, 0.15) is 41.0 Å². The normalized spacial score (nSPS) is 11.4. The first-order valence-corrected chi connectivity index (χ1v) is 16.8. The first-order chi connectivity index (χ1) is 22.4. The molecule has 0 fully saturated rings. The van der Waals surface area contributed by atoms with Gasteiger partial charge in [-0.05, 0) is 87.7 Å². The maximum absolute atomic E-state index is 12.9. The van der Waals surface area contributed by atoms with Crippen LogP contribution in [0.25, 0.3) is 22.7 Å². The summed E-state index contributed by atoms with van der Waals surface area (Å²) in [4.78, 5) is 32.1. The van der Waals surface area contributed by atoms with Gasteiger partial charge in [-0.25, -0.2) is 15.0 Å². The molecule has 0 amide bonds. The van der Waals surface area contributed by atoms with Crippen molar-refractivity contribution in [2.45, 2.75) is 38.0 Å². The van der Waals surface area contributed by atoms with E-state index in [1.165, 1.54) is 14.0 Å². The van der Waals surface area contributed by atoms with Crippen LogP contribution in [0.3, 0.4) is 0 Å². The minimum atomic E-state index is -4.44. The predicted octanol–water partition coefficient (Wildman–Crippen LogP) is 8.69. The highest BCUT2D eigenvalue weighted by Gasteiger charge is 2.32. The molecule has 0 aliphatic rings. The maximum atomic E-state index is 12.9. The average molecular weight is 916 g/mol. The molecule has 0 radical (unpaired) electrons. The molecule has 48 heavy (non-hydrogen) atoms. The molecule has 5 heterocycles. The van der Waals surface area contributed by atoms with E-state index in [4.69, 9.17) is 5.73 Å². The lowest BCUT2D eigenvalue weighted by Crippen LogP contribution is -2.08. The van der Waals surface area contributed by atoms with Crippen molar-refractivity contribution < 1.29 is 31.1 Å². The highest BCUT2D eigenvalue weighted by atomic mass is 127. The zero-order valence-corrected chi connectivity index (χ0v) is 31.1. The van der Waals surface area contributed by atoms with Gasteiger partial charge in [-0.2, -0.15) is 26.3 Å². The number of alkyl halides is 6. The average Bonchev–Trinajstić information content (AvgIpc) is 3.32. The highest BCUT2D eigenvalue weighted by Crippen LogP contribution is 2.34. The van der Waals surface area contributed by atoms with E-state index < -0.39 is 23.5 Å². The van der Waals surface area contributed by atoms with Crippen LogP contribution in [0, 0.1) is 14.1 Å². The van der Waals surface area contributed by atoms with Crippen molar-refractivity contribution in [1.82, 2.24) is 29.5 Å². The van der Waals surface area contributed by atoms with Gasteiger partial charge in [0.05, 0.1) is 16.8 Å². The Morgan fingerprint density at radius 3 is 2.04 bits per heavy atom. The zero-order chi connectivity index (χ0) is 36.0. The Hall–Kier alpha value is -3.27. The van der Waals surface area contributed by atoms with Gasteiger partial charge in [0.15, 0.2) is 17.3 Å². The SMILES string of the molecule is CC(=O)c1ncc(I)cc1C.CCSc1cc(I)cnc1-c1nc2cc(C(F)(F)F)cnc2n1C.CNc1ncc(C(F)(F)F)cc1N. The Morgan fingerprint density at radius 2 is 1.50 bits per heavy atom. The number of halogens is 8. The largest absolute Gasteiger partial charge is 0.417 e. The summed E-state index contributed by atoms with van der Waals surface area (Å²) in [6, 6.07) is 5.80. The number of thioether (sulfide) groups is 1. The van der Waals surface area contributed by atoms with E-state index in [1.54, 1.807) is 35.8 Å². The van der Waals surface area contributed by atoms with Gasteiger partial charge in [0, 0.05) is 57.8 Å². The fourth-order valence-electron chi connectivity index (χ4n) is 4.05. The number of nitrogens with zero attached hydrogens (tertiary/aromatic N) is 6. The lowest BCUT2D eigenvalue weighted by molar-refractivity contribution is -0.138. The van der Waals surface area contributed by atoms with E-state index in [-0.39, 0.29) is 22.8 Å². The number of nitrogens with two attached hydrogens (primary N) is 1. The van der Waals surface area contributed by atoms with Crippen LogP contribution in [0.4, 0.5) is 37.8 Å². The van der Waals surface area contributed by atoms with Crippen molar-refractivity contribution in [1.29, 1.82) is 0 Å². The monoisotopic (exact) mass is 916 g/mol.